The molecule has 12 heteroatoms. The number of ether oxygens (including phenoxy) is 5. The van der Waals surface area contributed by atoms with Crippen molar-refractivity contribution in [3.05, 3.63) is 68.0 Å². The molecule has 0 bridgehead atoms. The summed E-state index contributed by atoms with van der Waals surface area (Å²) >= 11 is 5.98. The molecule has 1 aromatic heterocycles. The zero-order chi connectivity index (χ0) is 23.1. The molecule has 33 heavy (non-hydrogen) atoms. The van der Waals surface area contributed by atoms with Gasteiger partial charge in [0.05, 0.1) is 25.5 Å². The lowest BCUT2D eigenvalue weighted by Crippen LogP contribution is -2.36. The number of fused-ring (bicyclic) bond motifs is 2. The Bertz CT molecular complexity index is 1080. The summed E-state index contributed by atoms with van der Waals surface area (Å²) in [4.78, 5) is 32.1. The van der Waals surface area contributed by atoms with Gasteiger partial charge in [-0.05, 0) is 24.6 Å². The van der Waals surface area contributed by atoms with Gasteiger partial charge >= 0.3 is 6.16 Å². The van der Waals surface area contributed by atoms with Crippen molar-refractivity contribution in [2.75, 3.05) is 13.2 Å². The first-order valence-corrected chi connectivity index (χ1v) is 10.6. The maximum atomic E-state index is 12.6. The summed E-state index contributed by atoms with van der Waals surface area (Å²) in [6.45, 7) is 1.92. The molecule has 5 rings (SSSR count). The number of carbonyl (C=O) groups is 1. The summed E-state index contributed by atoms with van der Waals surface area (Å²) in [5.41, 5.74) is 2.89. The third kappa shape index (κ3) is 4.20. The number of aryl methyl sites for hydroxylation is 1. The summed E-state index contributed by atoms with van der Waals surface area (Å²) in [5.74, 6) is 0.270. The third-order valence-corrected chi connectivity index (χ3v) is 6.07. The van der Waals surface area contributed by atoms with Crippen LogP contribution >= 0.6 is 11.6 Å². The zero-order valence-electron chi connectivity index (χ0n) is 17.3. The van der Waals surface area contributed by atoms with E-state index in [1.807, 2.05) is 12.1 Å². The number of rotatable bonds is 5. The molecule has 0 spiro atoms. The highest BCUT2D eigenvalue weighted by atomic mass is 35.5. The Labute approximate surface area is 192 Å². The first kappa shape index (κ1) is 21.8. The topological polar surface area (TPSA) is 128 Å². The van der Waals surface area contributed by atoms with E-state index in [2.05, 4.69) is 9.82 Å². The first-order valence-electron chi connectivity index (χ1n) is 10.2. The van der Waals surface area contributed by atoms with E-state index >= 15 is 0 Å². The predicted octanol–water partition coefficient (Wildman–Crippen LogP) is 2.92. The molecule has 3 aliphatic heterocycles. The Morgan fingerprint density at radius 1 is 1.15 bits per heavy atom. The molecule has 0 amide bonds. The largest absolute Gasteiger partial charge is 0.514 e. The highest BCUT2D eigenvalue weighted by Crippen LogP contribution is 2.41. The van der Waals surface area contributed by atoms with Crippen LogP contribution in [0.4, 0.5) is 4.79 Å². The Balaban J connectivity index is 1.28. The van der Waals surface area contributed by atoms with Gasteiger partial charge in [0.1, 0.15) is 18.3 Å². The lowest BCUT2D eigenvalue weighted by molar-refractivity contribution is -0.769. The number of hydrogen-bond acceptors (Lipinski definition) is 10. The van der Waals surface area contributed by atoms with Crippen molar-refractivity contribution >= 4 is 17.8 Å². The van der Waals surface area contributed by atoms with Crippen LogP contribution in [-0.2, 0) is 30.4 Å². The van der Waals surface area contributed by atoms with Crippen molar-refractivity contribution in [1.82, 2.24) is 4.98 Å². The molecule has 2 saturated heterocycles. The summed E-state index contributed by atoms with van der Waals surface area (Å²) in [7, 11) is 0. The average Bonchev–Trinajstić information content (AvgIpc) is 3.48. The number of hydrogen-bond donors (Lipinski definition) is 0. The SMILES string of the molecule is Cc1ncc2c(c1OC(=O)O[C@@H]1CO[C@H]3[C@@H]1OC[C@H]3O[N+](=O)[O-])CO[C@@H]2c1ccc(Cl)cc1. The van der Waals surface area contributed by atoms with Crippen LogP contribution in [0.3, 0.4) is 0 Å². The third-order valence-electron chi connectivity index (χ3n) is 5.82. The van der Waals surface area contributed by atoms with Gasteiger partial charge in [-0.2, -0.15) is 0 Å². The van der Waals surface area contributed by atoms with Gasteiger partial charge in [-0.1, -0.05) is 23.7 Å². The van der Waals surface area contributed by atoms with Crippen molar-refractivity contribution in [1.29, 1.82) is 0 Å². The minimum absolute atomic E-state index is 0.00783. The van der Waals surface area contributed by atoms with E-state index in [1.165, 1.54) is 0 Å². The van der Waals surface area contributed by atoms with Gasteiger partial charge in [-0.15, -0.1) is 10.1 Å². The lowest BCUT2D eigenvalue weighted by Gasteiger charge is -2.17. The zero-order valence-corrected chi connectivity index (χ0v) is 18.1. The minimum atomic E-state index is -0.959. The fraction of sp³-hybridized carbons (Fsp3) is 0.429. The summed E-state index contributed by atoms with van der Waals surface area (Å²) in [6.07, 6.45) is -2.66. The number of benzene rings is 1. The molecule has 0 unspecified atom stereocenters. The number of carbonyl (C=O) groups excluding carboxylic acids is 1. The number of pyridine rings is 1. The van der Waals surface area contributed by atoms with Gasteiger partial charge < -0.3 is 28.5 Å². The van der Waals surface area contributed by atoms with E-state index in [0.717, 1.165) is 11.1 Å². The monoisotopic (exact) mass is 478 g/mol. The predicted molar refractivity (Wildman–Crippen MR) is 109 cm³/mol. The fourth-order valence-electron chi connectivity index (χ4n) is 4.29. The molecule has 1 aromatic carbocycles. The van der Waals surface area contributed by atoms with Gasteiger partial charge in [-0.25, -0.2) is 4.79 Å². The molecule has 0 aliphatic carbocycles. The second-order valence-electron chi connectivity index (χ2n) is 7.82. The quantitative estimate of drug-likeness (QED) is 0.359. The smallest absolute Gasteiger partial charge is 0.425 e. The average molecular weight is 479 g/mol. The Morgan fingerprint density at radius 2 is 1.85 bits per heavy atom. The van der Waals surface area contributed by atoms with Gasteiger partial charge in [0, 0.05) is 22.3 Å². The molecule has 3 aliphatic rings. The van der Waals surface area contributed by atoms with Crippen molar-refractivity contribution < 1.29 is 38.4 Å². The van der Waals surface area contributed by atoms with Crippen molar-refractivity contribution in [3.8, 4) is 5.75 Å². The van der Waals surface area contributed by atoms with Crippen LogP contribution in [0.1, 0.15) is 28.5 Å². The van der Waals surface area contributed by atoms with Crippen molar-refractivity contribution in [2.45, 2.75) is 44.1 Å². The van der Waals surface area contributed by atoms with Crippen LogP contribution < -0.4 is 4.74 Å². The normalized spacial score (nSPS) is 27.6. The molecule has 174 valence electrons. The van der Waals surface area contributed by atoms with Crippen LogP contribution in [0, 0.1) is 17.0 Å². The molecule has 0 N–H and O–H groups in total. The molecule has 2 aromatic rings. The minimum Gasteiger partial charge on any atom is -0.425 e. The Morgan fingerprint density at radius 3 is 2.58 bits per heavy atom. The van der Waals surface area contributed by atoms with Gasteiger partial charge in [0.15, 0.2) is 18.0 Å². The van der Waals surface area contributed by atoms with Crippen LogP contribution in [0.5, 0.6) is 5.75 Å². The Kier molecular flexibility index (Phi) is 5.79. The van der Waals surface area contributed by atoms with E-state index in [-0.39, 0.29) is 31.7 Å². The second kappa shape index (κ2) is 8.75. The molecule has 5 atom stereocenters. The van der Waals surface area contributed by atoms with Gasteiger partial charge in [-0.3, -0.25) is 4.98 Å². The van der Waals surface area contributed by atoms with E-state index in [9.17, 15) is 14.9 Å². The number of aromatic nitrogens is 1. The highest BCUT2D eigenvalue weighted by molar-refractivity contribution is 6.30. The molecule has 0 radical (unpaired) electrons. The molecule has 11 nitrogen and oxygen atoms in total. The second-order valence-corrected chi connectivity index (χ2v) is 8.26. The summed E-state index contributed by atoms with van der Waals surface area (Å²) in [6, 6.07) is 7.28. The molecular weight excluding hydrogens is 460 g/mol. The van der Waals surface area contributed by atoms with E-state index in [4.69, 9.17) is 35.3 Å². The van der Waals surface area contributed by atoms with Gasteiger partial charge in [0.25, 0.3) is 5.09 Å². The van der Waals surface area contributed by atoms with Gasteiger partial charge in [0.2, 0.25) is 0 Å². The van der Waals surface area contributed by atoms with E-state index in [0.29, 0.717) is 16.3 Å². The van der Waals surface area contributed by atoms with E-state index in [1.54, 1.807) is 25.3 Å². The maximum Gasteiger partial charge on any atom is 0.514 e. The molecule has 0 saturated carbocycles. The van der Waals surface area contributed by atoms with Crippen molar-refractivity contribution in [3.63, 3.8) is 0 Å². The summed E-state index contributed by atoms with van der Waals surface area (Å²) < 4.78 is 27.8. The highest BCUT2D eigenvalue weighted by Gasteiger charge is 2.51. The van der Waals surface area contributed by atoms with Crippen LogP contribution in [0.2, 0.25) is 5.02 Å². The Hall–Kier alpha value is -2.99. The van der Waals surface area contributed by atoms with Crippen LogP contribution in [0.25, 0.3) is 0 Å². The lowest BCUT2D eigenvalue weighted by atomic mass is 10.0. The number of nitrogens with zero attached hydrogens (tertiary/aromatic N) is 2. The fourth-order valence-corrected chi connectivity index (χ4v) is 4.42. The molecular formula is C21H19ClN2O9. The standard InChI is InChI=1S/C21H19ClN2O9/c1-10-17(14-7-28-18(13(14)6-23-10)11-2-4-12(22)5-3-11)32-21(25)31-15-8-29-20-16(33-24(26)27)9-30-19(15)20/h2-6,15-16,18-20H,7-9H2,1H3/t15-,16-,18-,19-,20-/m1/s1. The van der Waals surface area contributed by atoms with Crippen molar-refractivity contribution in [2.24, 2.45) is 0 Å². The van der Waals surface area contributed by atoms with E-state index < -0.39 is 35.7 Å². The maximum absolute atomic E-state index is 12.6. The van der Waals surface area contributed by atoms with Crippen LogP contribution in [-0.4, -0.2) is 53.9 Å². The molecule has 2 fully saturated rings. The van der Waals surface area contributed by atoms with Crippen LogP contribution in [0.15, 0.2) is 30.5 Å². The number of halogens is 1. The first-order chi connectivity index (χ1) is 15.9. The molecule has 4 heterocycles. The summed E-state index contributed by atoms with van der Waals surface area (Å²) in [5, 5.41) is 10.3.